The van der Waals surface area contributed by atoms with Gasteiger partial charge < -0.3 is 10.6 Å². The van der Waals surface area contributed by atoms with Gasteiger partial charge in [-0.05, 0) is 48.9 Å². The Balaban J connectivity index is 2.17. The highest BCUT2D eigenvalue weighted by atomic mass is 35.5. The van der Waals surface area contributed by atoms with E-state index in [-0.39, 0.29) is 11.9 Å². The Labute approximate surface area is 124 Å². The zero-order chi connectivity index (χ0) is 14.7. The minimum Gasteiger partial charge on any atom is -0.399 e. The van der Waals surface area contributed by atoms with E-state index in [0.29, 0.717) is 16.3 Å². The number of nitrogen functional groups attached to an aromatic ring is 1. The maximum absolute atomic E-state index is 12.4. The van der Waals surface area contributed by atoms with Crippen LogP contribution in [-0.4, -0.2) is 17.9 Å². The van der Waals surface area contributed by atoms with E-state index in [1.165, 1.54) is 0 Å². The van der Waals surface area contributed by atoms with Gasteiger partial charge in [-0.1, -0.05) is 23.7 Å². The lowest BCUT2D eigenvalue weighted by molar-refractivity contribution is 0.0742. The highest BCUT2D eigenvalue weighted by molar-refractivity contribution is 6.30. The number of hydrogen-bond acceptors (Lipinski definition) is 2. The van der Waals surface area contributed by atoms with E-state index >= 15 is 0 Å². The molecule has 104 valence electrons. The number of carbonyl (C=O) groups is 1. The average molecular weight is 289 g/mol. The van der Waals surface area contributed by atoms with E-state index in [1.54, 1.807) is 36.2 Å². The predicted octanol–water partition coefficient (Wildman–Crippen LogP) is 3.76. The highest BCUT2D eigenvalue weighted by Crippen LogP contribution is 2.22. The van der Waals surface area contributed by atoms with Crippen molar-refractivity contribution in [2.45, 2.75) is 13.0 Å². The second-order valence-corrected chi connectivity index (χ2v) is 5.20. The molecule has 0 aliphatic rings. The van der Waals surface area contributed by atoms with Gasteiger partial charge in [0.2, 0.25) is 0 Å². The lowest BCUT2D eigenvalue weighted by Crippen LogP contribution is -2.29. The van der Waals surface area contributed by atoms with Crippen LogP contribution in [0.15, 0.2) is 48.5 Å². The lowest BCUT2D eigenvalue weighted by Gasteiger charge is -2.25. The fourth-order valence-electron chi connectivity index (χ4n) is 1.97. The SMILES string of the molecule is C[C@@H](c1ccc(Cl)cc1)N(C)C(=O)c1ccc(N)cc1. The van der Waals surface area contributed by atoms with Crippen LogP contribution in [0.5, 0.6) is 0 Å². The van der Waals surface area contributed by atoms with Crippen molar-refractivity contribution in [3.63, 3.8) is 0 Å². The minimum atomic E-state index is -0.0348. The number of halogens is 1. The number of anilines is 1. The van der Waals surface area contributed by atoms with Crippen molar-refractivity contribution >= 4 is 23.2 Å². The third-order valence-electron chi connectivity index (χ3n) is 3.41. The fraction of sp³-hybridized carbons (Fsp3) is 0.188. The van der Waals surface area contributed by atoms with Crippen LogP contribution in [0.4, 0.5) is 5.69 Å². The summed E-state index contributed by atoms with van der Waals surface area (Å²) in [6, 6.07) is 14.4. The quantitative estimate of drug-likeness (QED) is 0.874. The Morgan fingerprint density at radius 2 is 1.65 bits per heavy atom. The summed E-state index contributed by atoms with van der Waals surface area (Å²) in [5.41, 5.74) is 7.95. The van der Waals surface area contributed by atoms with Crippen molar-refractivity contribution in [1.29, 1.82) is 0 Å². The zero-order valence-electron chi connectivity index (χ0n) is 11.5. The van der Waals surface area contributed by atoms with Gasteiger partial charge in [0.1, 0.15) is 0 Å². The molecule has 0 saturated carbocycles. The van der Waals surface area contributed by atoms with E-state index in [2.05, 4.69) is 0 Å². The summed E-state index contributed by atoms with van der Waals surface area (Å²) < 4.78 is 0. The summed E-state index contributed by atoms with van der Waals surface area (Å²) in [6.45, 7) is 1.98. The second kappa shape index (κ2) is 5.97. The molecule has 2 rings (SSSR count). The van der Waals surface area contributed by atoms with Crippen LogP contribution >= 0.6 is 11.6 Å². The number of nitrogens with zero attached hydrogens (tertiary/aromatic N) is 1. The van der Waals surface area contributed by atoms with Crippen LogP contribution in [-0.2, 0) is 0 Å². The largest absolute Gasteiger partial charge is 0.399 e. The summed E-state index contributed by atoms with van der Waals surface area (Å²) in [6.07, 6.45) is 0. The molecular formula is C16H17ClN2O. The van der Waals surface area contributed by atoms with Gasteiger partial charge in [-0.2, -0.15) is 0 Å². The molecule has 0 aromatic heterocycles. The third-order valence-corrected chi connectivity index (χ3v) is 3.66. The Morgan fingerprint density at radius 3 is 2.20 bits per heavy atom. The molecular weight excluding hydrogens is 272 g/mol. The molecule has 2 N–H and O–H groups in total. The third kappa shape index (κ3) is 3.11. The molecule has 0 aliphatic carbocycles. The number of amides is 1. The number of nitrogens with two attached hydrogens (primary N) is 1. The van der Waals surface area contributed by atoms with Crippen LogP contribution in [0.1, 0.15) is 28.9 Å². The van der Waals surface area contributed by atoms with Gasteiger partial charge in [0.25, 0.3) is 5.91 Å². The first-order valence-electron chi connectivity index (χ1n) is 6.37. The van der Waals surface area contributed by atoms with Gasteiger partial charge in [0.15, 0.2) is 0 Å². The molecule has 0 bridgehead atoms. The molecule has 4 heteroatoms. The molecule has 0 spiro atoms. The van der Waals surface area contributed by atoms with Crippen molar-refractivity contribution in [3.05, 3.63) is 64.7 Å². The van der Waals surface area contributed by atoms with Crippen LogP contribution in [0.2, 0.25) is 5.02 Å². The summed E-state index contributed by atoms with van der Waals surface area (Å²) in [5.74, 6) is -0.0348. The second-order valence-electron chi connectivity index (χ2n) is 4.77. The van der Waals surface area contributed by atoms with Gasteiger partial charge in [-0.15, -0.1) is 0 Å². The number of benzene rings is 2. The molecule has 0 radical (unpaired) electrons. The number of rotatable bonds is 3. The molecule has 3 nitrogen and oxygen atoms in total. The molecule has 20 heavy (non-hydrogen) atoms. The molecule has 2 aromatic carbocycles. The Bertz CT molecular complexity index is 593. The normalized spacial score (nSPS) is 11.9. The first-order valence-corrected chi connectivity index (χ1v) is 6.75. The van der Waals surface area contributed by atoms with Crippen LogP contribution < -0.4 is 5.73 Å². The van der Waals surface area contributed by atoms with Crippen molar-refractivity contribution < 1.29 is 4.79 Å². The molecule has 0 aliphatic heterocycles. The van der Waals surface area contributed by atoms with Crippen LogP contribution in [0.3, 0.4) is 0 Å². The van der Waals surface area contributed by atoms with Crippen molar-refractivity contribution in [3.8, 4) is 0 Å². The molecule has 1 atom stereocenters. The van der Waals surface area contributed by atoms with Crippen molar-refractivity contribution in [2.75, 3.05) is 12.8 Å². The minimum absolute atomic E-state index is 0.0303. The Morgan fingerprint density at radius 1 is 1.10 bits per heavy atom. The van der Waals surface area contributed by atoms with Gasteiger partial charge in [-0.25, -0.2) is 0 Å². The zero-order valence-corrected chi connectivity index (χ0v) is 12.3. The van der Waals surface area contributed by atoms with E-state index in [0.717, 1.165) is 5.56 Å². The smallest absolute Gasteiger partial charge is 0.254 e. The topological polar surface area (TPSA) is 46.3 Å². The first kappa shape index (κ1) is 14.4. The Kier molecular flexibility index (Phi) is 4.30. The van der Waals surface area contributed by atoms with Gasteiger partial charge in [-0.3, -0.25) is 4.79 Å². The van der Waals surface area contributed by atoms with E-state index in [4.69, 9.17) is 17.3 Å². The predicted molar refractivity (Wildman–Crippen MR) is 82.8 cm³/mol. The monoisotopic (exact) mass is 288 g/mol. The lowest BCUT2D eigenvalue weighted by atomic mass is 10.1. The summed E-state index contributed by atoms with van der Waals surface area (Å²) in [5, 5.41) is 0.688. The first-order chi connectivity index (χ1) is 9.49. The summed E-state index contributed by atoms with van der Waals surface area (Å²) in [4.78, 5) is 14.1. The van der Waals surface area contributed by atoms with E-state index in [9.17, 15) is 4.79 Å². The van der Waals surface area contributed by atoms with Gasteiger partial charge in [0, 0.05) is 23.3 Å². The average Bonchev–Trinajstić information content (AvgIpc) is 2.46. The number of carbonyl (C=O) groups excluding carboxylic acids is 1. The molecule has 0 fully saturated rings. The molecule has 2 aromatic rings. The molecule has 0 heterocycles. The van der Waals surface area contributed by atoms with E-state index < -0.39 is 0 Å². The van der Waals surface area contributed by atoms with Gasteiger partial charge in [0.05, 0.1) is 6.04 Å². The van der Waals surface area contributed by atoms with Crippen LogP contribution in [0, 0.1) is 0 Å². The standard InChI is InChI=1S/C16H17ClN2O/c1-11(12-3-7-14(17)8-4-12)19(2)16(20)13-5-9-15(18)10-6-13/h3-11H,18H2,1-2H3/t11-/m0/s1. The van der Waals surface area contributed by atoms with E-state index in [1.807, 2.05) is 31.2 Å². The van der Waals surface area contributed by atoms with Crippen molar-refractivity contribution in [1.82, 2.24) is 4.90 Å². The van der Waals surface area contributed by atoms with Crippen molar-refractivity contribution in [2.24, 2.45) is 0 Å². The fourth-order valence-corrected chi connectivity index (χ4v) is 2.10. The maximum Gasteiger partial charge on any atom is 0.254 e. The Hall–Kier alpha value is -2.00. The number of hydrogen-bond donors (Lipinski definition) is 1. The molecule has 1 amide bonds. The summed E-state index contributed by atoms with van der Waals surface area (Å²) in [7, 11) is 1.79. The molecule has 0 unspecified atom stereocenters. The highest BCUT2D eigenvalue weighted by Gasteiger charge is 2.18. The molecule has 0 saturated heterocycles. The maximum atomic E-state index is 12.4. The summed E-state index contributed by atoms with van der Waals surface area (Å²) >= 11 is 5.88. The van der Waals surface area contributed by atoms with Crippen LogP contribution in [0.25, 0.3) is 0 Å². The van der Waals surface area contributed by atoms with Gasteiger partial charge >= 0.3 is 0 Å².